The molecule has 1 aromatic heterocycles. The number of nitrogens with one attached hydrogen (secondary N) is 1. The molecule has 162 valence electrons. The van der Waals surface area contributed by atoms with Crippen LogP contribution in [0.5, 0.6) is 0 Å². The molecule has 2 aromatic carbocycles. The molecule has 3 aromatic rings. The zero-order chi connectivity index (χ0) is 21.6. The third-order valence-corrected chi connectivity index (χ3v) is 6.41. The first kappa shape index (κ1) is 21.6. The molecule has 1 fully saturated rings. The van der Waals surface area contributed by atoms with Gasteiger partial charge in [0, 0.05) is 5.92 Å². The average Bonchev–Trinajstić information content (AvgIpc) is 3.54. The van der Waals surface area contributed by atoms with Crippen LogP contribution in [0.3, 0.4) is 0 Å². The monoisotopic (exact) mass is 434 g/mol. The number of aromatic nitrogens is 3. The van der Waals surface area contributed by atoms with Gasteiger partial charge < -0.3 is 9.88 Å². The van der Waals surface area contributed by atoms with E-state index in [2.05, 4.69) is 70.3 Å². The van der Waals surface area contributed by atoms with Gasteiger partial charge in [0.2, 0.25) is 5.91 Å². The molecule has 0 radical (unpaired) electrons. The van der Waals surface area contributed by atoms with Crippen LogP contribution in [-0.4, -0.2) is 26.4 Å². The van der Waals surface area contributed by atoms with Crippen LogP contribution in [0.1, 0.15) is 62.0 Å². The number of benzene rings is 2. The van der Waals surface area contributed by atoms with E-state index in [-0.39, 0.29) is 11.9 Å². The summed E-state index contributed by atoms with van der Waals surface area (Å²) in [4.78, 5) is 12.8. The molecule has 1 aliphatic rings. The highest BCUT2D eigenvalue weighted by Gasteiger charge is 2.30. The summed E-state index contributed by atoms with van der Waals surface area (Å²) < 4.78 is 2.19. The molecule has 1 heterocycles. The lowest BCUT2D eigenvalue weighted by Crippen LogP contribution is -2.31. The molecule has 4 rings (SSSR count). The van der Waals surface area contributed by atoms with Gasteiger partial charge in [0.25, 0.3) is 0 Å². The highest BCUT2D eigenvalue weighted by molar-refractivity contribution is 7.99. The van der Waals surface area contributed by atoms with Crippen molar-refractivity contribution in [3.63, 3.8) is 0 Å². The van der Waals surface area contributed by atoms with Crippen LogP contribution in [-0.2, 0) is 11.3 Å². The van der Waals surface area contributed by atoms with Crippen molar-refractivity contribution in [2.75, 3.05) is 5.75 Å². The van der Waals surface area contributed by atoms with Gasteiger partial charge in [-0.3, -0.25) is 4.79 Å². The highest BCUT2D eigenvalue weighted by atomic mass is 32.2. The van der Waals surface area contributed by atoms with E-state index in [4.69, 9.17) is 0 Å². The lowest BCUT2D eigenvalue weighted by molar-refractivity contribution is -0.119. The predicted molar refractivity (Wildman–Crippen MR) is 125 cm³/mol. The fourth-order valence-corrected chi connectivity index (χ4v) is 4.52. The lowest BCUT2D eigenvalue weighted by Gasteiger charge is -2.21. The van der Waals surface area contributed by atoms with Crippen LogP contribution in [0, 0.1) is 5.92 Å². The van der Waals surface area contributed by atoms with Gasteiger partial charge >= 0.3 is 0 Å². The Kier molecular flexibility index (Phi) is 7.07. The van der Waals surface area contributed by atoms with Gasteiger partial charge in [-0.15, -0.1) is 10.2 Å². The minimum Gasteiger partial charge on any atom is -0.349 e. The Morgan fingerprint density at radius 3 is 2.39 bits per heavy atom. The van der Waals surface area contributed by atoms with Gasteiger partial charge in [0.15, 0.2) is 5.16 Å². The SMILES string of the molecule is CC(C)C[C@@H](NC(=O)CSc1nnc(C2CC2)n1Cc1ccccc1)c1ccccc1. The first-order chi connectivity index (χ1) is 15.1. The number of rotatable bonds is 10. The van der Waals surface area contributed by atoms with Crippen molar-refractivity contribution in [2.24, 2.45) is 5.92 Å². The first-order valence-electron chi connectivity index (χ1n) is 11.0. The molecule has 1 aliphatic carbocycles. The number of hydrogen-bond acceptors (Lipinski definition) is 4. The van der Waals surface area contributed by atoms with Crippen molar-refractivity contribution in [2.45, 2.75) is 56.8 Å². The van der Waals surface area contributed by atoms with E-state index >= 15 is 0 Å². The summed E-state index contributed by atoms with van der Waals surface area (Å²) in [5.74, 6) is 2.41. The van der Waals surface area contributed by atoms with E-state index in [0.29, 0.717) is 17.6 Å². The fourth-order valence-electron chi connectivity index (χ4n) is 3.77. The van der Waals surface area contributed by atoms with Crippen molar-refractivity contribution in [3.8, 4) is 0 Å². The number of nitrogens with zero attached hydrogens (tertiary/aromatic N) is 3. The number of carbonyl (C=O) groups excluding carboxylic acids is 1. The molecule has 0 unspecified atom stereocenters. The second kappa shape index (κ2) is 10.1. The van der Waals surface area contributed by atoms with Crippen molar-refractivity contribution in [1.29, 1.82) is 0 Å². The zero-order valence-electron chi connectivity index (χ0n) is 18.2. The van der Waals surface area contributed by atoms with Crippen LogP contribution in [0.2, 0.25) is 0 Å². The van der Waals surface area contributed by atoms with Gasteiger partial charge in [-0.25, -0.2) is 0 Å². The largest absolute Gasteiger partial charge is 0.349 e. The van der Waals surface area contributed by atoms with Crippen LogP contribution in [0.4, 0.5) is 0 Å². The van der Waals surface area contributed by atoms with Crippen LogP contribution >= 0.6 is 11.8 Å². The molecule has 0 aliphatic heterocycles. The Labute approximate surface area is 188 Å². The number of thioether (sulfide) groups is 1. The summed E-state index contributed by atoms with van der Waals surface area (Å²) in [7, 11) is 0. The molecule has 1 N–H and O–H groups in total. The topological polar surface area (TPSA) is 59.8 Å². The summed E-state index contributed by atoms with van der Waals surface area (Å²) >= 11 is 1.47. The van der Waals surface area contributed by atoms with Crippen LogP contribution < -0.4 is 5.32 Å². The summed E-state index contributed by atoms with van der Waals surface area (Å²) in [5.41, 5.74) is 2.37. The molecule has 5 nitrogen and oxygen atoms in total. The van der Waals surface area contributed by atoms with E-state index in [1.54, 1.807) is 0 Å². The van der Waals surface area contributed by atoms with Gasteiger partial charge in [-0.2, -0.15) is 0 Å². The Bertz CT molecular complexity index is 983. The summed E-state index contributed by atoms with van der Waals surface area (Å²) in [6, 6.07) is 20.6. The van der Waals surface area contributed by atoms with Crippen molar-refractivity contribution in [3.05, 3.63) is 77.6 Å². The first-order valence-corrected chi connectivity index (χ1v) is 12.0. The molecule has 1 saturated carbocycles. The number of amides is 1. The smallest absolute Gasteiger partial charge is 0.230 e. The standard InChI is InChI=1S/C25H30N4OS/c1-18(2)15-22(20-11-7-4-8-12-20)26-23(30)17-31-25-28-27-24(21-13-14-21)29(25)16-19-9-5-3-6-10-19/h3-12,18,21-22H,13-17H2,1-2H3,(H,26,30)/t22-/m1/s1. The molecule has 1 atom stereocenters. The Morgan fingerprint density at radius 2 is 1.74 bits per heavy atom. The third-order valence-electron chi connectivity index (χ3n) is 5.45. The normalized spacial score (nSPS) is 14.5. The van der Waals surface area contributed by atoms with E-state index in [1.165, 1.54) is 30.2 Å². The molecule has 0 bridgehead atoms. The van der Waals surface area contributed by atoms with Gasteiger partial charge in [0.1, 0.15) is 5.82 Å². The zero-order valence-corrected chi connectivity index (χ0v) is 19.0. The maximum Gasteiger partial charge on any atom is 0.230 e. The van der Waals surface area contributed by atoms with E-state index < -0.39 is 0 Å². The molecule has 31 heavy (non-hydrogen) atoms. The Morgan fingerprint density at radius 1 is 1.06 bits per heavy atom. The number of hydrogen-bond donors (Lipinski definition) is 1. The van der Waals surface area contributed by atoms with Crippen molar-refractivity contribution < 1.29 is 4.79 Å². The predicted octanol–water partition coefficient (Wildman–Crippen LogP) is 5.20. The second-order valence-corrected chi connectivity index (χ2v) is 9.58. The molecule has 0 spiro atoms. The molecule has 1 amide bonds. The number of carbonyl (C=O) groups is 1. The van der Waals surface area contributed by atoms with Gasteiger partial charge in [-0.05, 0) is 36.3 Å². The Balaban J connectivity index is 1.43. The maximum absolute atomic E-state index is 12.8. The summed E-state index contributed by atoms with van der Waals surface area (Å²) in [6.45, 7) is 5.11. The van der Waals surface area contributed by atoms with E-state index in [1.807, 2.05) is 24.3 Å². The van der Waals surface area contributed by atoms with Crippen molar-refractivity contribution >= 4 is 17.7 Å². The molecule has 0 saturated heterocycles. The van der Waals surface area contributed by atoms with Gasteiger partial charge in [0.05, 0.1) is 18.3 Å². The maximum atomic E-state index is 12.8. The highest BCUT2D eigenvalue weighted by Crippen LogP contribution is 2.40. The quantitative estimate of drug-likeness (QED) is 0.446. The average molecular weight is 435 g/mol. The van der Waals surface area contributed by atoms with Crippen molar-refractivity contribution in [1.82, 2.24) is 20.1 Å². The second-order valence-electron chi connectivity index (χ2n) is 8.64. The van der Waals surface area contributed by atoms with Gasteiger partial charge in [-0.1, -0.05) is 86.3 Å². The fraction of sp³-hybridized carbons (Fsp3) is 0.400. The Hall–Kier alpha value is -2.60. The van der Waals surface area contributed by atoms with E-state index in [9.17, 15) is 4.79 Å². The summed E-state index contributed by atoms with van der Waals surface area (Å²) in [6.07, 6.45) is 3.26. The van der Waals surface area contributed by atoms with E-state index in [0.717, 1.165) is 29.5 Å². The lowest BCUT2D eigenvalue weighted by atomic mass is 9.97. The molecule has 6 heteroatoms. The molecular weight excluding hydrogens is 404 g/mol. The molecular formula is C25H30N4OS. The van der Waals surface area contributed by atoms with Crippen LogP contribution in [0.15, 0.2) is 65.8 Å². The van der Waals surface area contributed by atoms with Crippen LogP contribution in [0.25, 0.3) is 0 Å². The summed E-state index contributed by atoms with van der Waals surface area (Å²) in [5, 5.41) is 12.9. The minimum absolute atomic E-state index is 0.0264. The third kappa shape index (κ3) is 5.97. The minimum atomic E-state index is 0.0264.